The highest BCUT2D eigenvalue weighted by molar-refractivity contribution is 7.91. The zero-order valence-electron chi connectivity index (χ0n) is 13.4. The Kier molecular flexibility index (Phi) is 4.73. The monoisotopic (exact) mass is 336 g/mol. The van der Waals surface area contributed by atoms with Crippen molar-refractivity contribution < 1.29 is 13.2 Å². The van der Waals surface area contributed by atoms with Crippen LogP contribution in [0.4, 0.5) is 0 Å². The molecule has 1 aliphatic carbocycles. The number of nitrogens with one attached hydrogen (secondary N) is 1. The first-order valence-corrected chi connectivity index (χ1v) is 10.1. The Hall–Kier alpha value is -1.40. The van der Waals surface area contributed by atoms with E-state index in [4.69, 9.17) is 0 Å². The highest BCUT2D eigenvalue weighted by atomic mass is 32.2. The molecule has 126 valence electrons. The maximum absolute atomic E-state index is 12.8. The molecule has 1 aromatic rings. The first-order valence-electron chi connectivity index (χ1n) is 8.26. The molecule has 6 heteroatoms. The molecule has 1 saturated heterocycles. The van der Waals surface area contributed by atoms with Gasteiger partial charge in [0, 0.05) is 19.1 Å². The second kappa shape index (κ2) is 6.61. The van der Waals surface area contributed by atoms with Crippen LogP contribution < -0.4 is 5.32 Å². The quantitative estimate of drug-likeness (QED) is 0.882. The molecule has 0 radical (unpaired) electrons. The summed E-state index contributed by atoms with van der Waals surface area (Å²) >= 11 is 0. The van der Waals surface area contributed by atoms with Crippen LogP contribution in [0, 0.1) is 5.92 Å². The number of carbonyl (C=O) groups is 1. The Labute approximate surface area is 138 Å². The number of hydrogen-bond acceptors (Lipinski definition) is 4. The minimum absolute atomic E-state index is 0.0186. The van der Waals surface area contributed by atoms with Crippen LogP contribution in [0.1, 0.15) is 31.4 Å². The lowest BCUT2D eigenvalue weighted by atomic mass is 10.0. The molecule has 2 fully saturated rings. The van der Waals surface area contributed by atoms with Gasteiger partial charge in [-0.2, -0.15) is 0 Å². The smallest absolute Gasteiger partial charge is 0.242 e. The zero-order chi connectivity index (χ0) is 16.4. The third-order valence-corrected chi connectivity index (χ3v) is 6.42. The standard InChI is InChI=1S/C17H24N2O3S/c1-13(14-7-8-14)18-17(20)16(15-5-3-2-4-6-15)19-9-11-23(21,22)12-10-19/h2-6,13-14,16H,7-12H2,1H3,(H,18,20). The van der Waals surface area contributed by atoms with Crippen molar-refractivity contribution in [2.45, 2.75) is 31.8 Å². The highest BCUT2D eigenvalue weighted by Crippen LogP contribution is 2.33. The first kappa shape index (κ1) is 16.5. The predicted molar refractivity (Wildman–Crippen MR) is 89.7 cm³/mol. The lowest BCUT2D eigenvalue weighted by Crippen LogP contribution is -2.49. The molecule has 1 saturated carbocycles. The zero-order valence-corrected chi connectivity index (χ0v) is 14.3. The van der Waals surface area contributed by atoms with Gasteiger partial charge >= 0.3 is 0 Å². The fraction of sp³-hybridized carbons (Fsp3) is 0.588. The molecule has 1 amide bonds. The van der Waals surface area contributed by atoms with Crippen LogP contribution in [-0.4, -0.2) is 49.9 Å². The van der Waals surface area contributed by atoms with Crippen LogP contribution >= 0.6 is 0 Å². The number of sulfone groups is 1. The van der Waals surface area contributed by atoms with Crippen LogP contribution in [-0.2, 0) is 14.6 Å². The predicted octanol–water partition coefficient (Wildman–Crippen LogP) is 1.37. The summed E-state index contributed by atoms with van der Waals surface area (Å²) in [7, 11) is -2.96. The molecule has 5 nitrogen and oxygen atoms in total. The maximum Gasteiger partial charge on any atom is 0.242 e. The van der Waals surface area contributed by atoms with Gasteiger partial charge in [-0.15, -0.1) is 0 Å². The van der Waals surface area contributed by atoms with Gasteiger partial charge in [0.15, 0.2) is 9.84 Å². The van der Waals surface area contributed by atoms with Crippen LogP contribution in [0.5, 0.6) is 0 Å². The molecule has 2 aliphatic rings. The van der Waals surface area contributed by atoms with Crippen molar-refractivity contribution in [1.82, 2.24) is 10.2 Å². The van der Waals surface area contributed by atoms with Gasteiger partial charge < -0.3 is 5.32 Å². The van der Waals surface area contributed by atoms with Gasteiger partial charge in [0.25, 0.3) is 0 Å². The van der Waals surface area contributed by atoms with Gasteiger partial charge in [-0.25, -0.2) is 8.42 Å². The van der Waals surface area contributed by atoms with Gasteiger partial charge in [0.2, 0.25) is 5.91 Å². The van der Waals surface area contributed by atoms with E-state index in [0.717, 1.165) is 5.56 Å². The third kappa shape index (κ3) is 4.12. The van der Waals surface area contributed by atoms with Crippen molar-refractivity contribution in [2.24, 2.45) is 5.92 Å². The second-order valence-corrected chi connectivity index (χ2v) is 8.94. The molecule has 1 aliphatic heterocycles. The van der Waals surface area contributed by atoms with E-state index < -0.39 is 15.9 Å². The topological polar surface area (TPSA) is 66.5 Å². The normalized spacial score (nSPS) is 23.9. The summed E-state index contributed by atoms with van der Waals surface area (Å²) in [4.78, 5) is 14.8. The SMILES string of the molecule is CC(NC(=O)C(c1ccccc1)N1CCS(=O)(=O)CC1)C1CC1. The number of rotatable bonds is 5. The van der Waals surface area contributed by atoms with Crippen LogP contribution in [0.25, 0.3) is 0 Å². The fourth-order valence-electron chi connectivity index (χ4n) is 3.17. The van der Waals surface area contributed by atoms with E-state index in [1.54, 1.807) is 0 Å². The lowest BCUT2D eigenvalue weighted by Gasteiger charge is -2.34. The number of benzene rings is 1. The van der Waals surface area contributed by atoms with Gasteiger partial charge in [-0.05, 0) is 31.2 Å². The molecule has 1 N–H and O–H groups in total. The Morgan fingerprint density at radius 1 is 1.17 bits per heavy atom. The summed E-state index contributed by atoms with van der Waals surface area (Å²) in [5, 5.41) is 3.13. The molecule has 3 rings (SSSR count). The average molecular weight is 336 g/mol. The van der Waals surface area contributed by atoms with E-state index >= 15 is 0 Å². The summed E-state index contributed by atoms with van der Waals surface area (Å²) in [6, 6.07) is 9.41. The van der Waals surface area contributed by atoms with Gasteiger partial charge in [-0.3, -0.25) is 9.69 Å². The number of hydrogen-bond donors (Lipinski definition) is 1. The molecule has 0 bridgehead atoms. The van der Waals surface area contributed by atoms with E-state index in [9.17, 15) is 13.2 Å². The summed E-state index contributed by atoms with van der Waals surface area (Å²) in [6.07, 6.45) is 2.36. The minimum Gasteiger partial charge on any atom is -0.352 e. The Bertz CT molecular complexity index is 642. The maximum atomic E-state index is 12.8. The van der Waals surface area contributed by atoms with Crippen LogP contribution in [0.2, 0.25) is 0 Å². The Morgan fingerprint density at radius 2 is 1.78 bits per heavy atom. The lowest BCUT2D eigenvalue weighted by molar-refractivity contribution is -0.127. The van der Waals surface area contributed by atoms with E-state index in [2.05, 4.69) is 12.2 Å². The first-order chi connectivity index (χ1) is 11.0. The van der Waals surface area contributed by atoms with Crippen molar-refractivity contribution in [2.75, 3.05) is 24.6 Å². The van der Waals surface area contributed by atoms with Gasteiger partial charge in [0.05, 0.1) is 11.5 Å². The third-order valence-electron chi connectivity index (χ3n) is 4.81. The molecule has 2 atom stereocenters. The summed E-state index contributed by atoms with van der Waals surface area (Å²) in [5.74, 6) is 0.829. The highest BCUT2D eigenvalue weighted by Gasteiger charge is 2.35. The van der Waals surface area contributed by atoms with E-state index in [1.165, 1.54) is 12.8 Å². The molecule has 1 heterocycles. The van der Waals surface area contributed by atoms with E-state index in [1.807, 2.05) is 35.2 Å². The van der Waals surface area contributed by atoms with Crippen LogP contribution in [0.3, 0.4) is 0 Å². The van der Waals surface area contributed by atoms with E-state index in [0.29, 0.717) is 19.0 Å². The molecular formula is C17H24N2O3S. The summed E-state index contributed by atoms with van der Waals surface area (Å²) in [6.45, 7) is 2.87. The van der Waals surface area contributed by atoms with Crippen molar-refractivity contribution >= 4 is 15.7 Å². The average Bonchev–Trinajstić information content (AvgIpc) is 3.35. The molecule has 1 aromatic carbocycles. The number of nitrogens with zero attached hydrogens (tertiary/aromatic N) is 1. The largest absolute Gasteiger partial charge is 0.352 e. The molecule has 0 spiro atoms. The summed E-state index contributed by atoms with van der Waals surface area (Å²) in [5.41, 5.74) is 0.923. The molecule has 2 unspecified atom stereocenters. The Balaban J connectivity index is 1.77. The van der Waals surface area contributed by atoms with Crippen molar-refractivity contribution in [3.63, 3.8) is 0 Å². The van der Waals surface area contributed by atoms with Crippen molar-refractivity contribution in [3.05, 3.63) is 35.9 Å². The number of carbonyl (C=O) groups excluding carboxylic acids is 1. The minimum atomic E-state index is -2.96. The Morgan fingerprint density at radius 3 is 2.35 bits per heavy atom. The van der Waals surface area contributed by atoms with Crippen molar-refractivity contribution in [3.8, 4) is 0 Å². The summed E-state index contributed by atoms with van der Waals surface area (Å²) < 4.78 is 23.3. The van der Waals surface area contributed by atoms with Gasteiger partial charge in [-0.1, -0.05) is 30.3 Å². The van der Waals surface area contributed by atoms with Crippen LogP contribution in [0.15, 0.2) is 30.3 Å². The number of amides is 1. The van der Waals surface area contributed by atoms with Crippen molar-refractivity contribution in [1.29, 1.82) is 0 Å². The molecule has 23 heavy (non-hydrogen) atoms. The van der Waals surface area contributed by atoms with E-state index in [-0.39, 0.29) is 23.5 Å². The molecule has 0 aromatic heterocycles. The van der Waals surface area contributed by atoms with Gasteiger partial charge in [0.1, 0.15) is 6.04 Å². The fourth-order valence-corrected chi connectivity index (χ4v) is 4.39. The molecular weight excluding hydrogens is 312 g/mol. The second-order valence-electron chi connectivity index (χ2n) is 6.64.